The van der Waals surface area contributed by atoms with Crippen molar-refractivity contribution < 1.29 is 45.9 Å². The summed E-state index contributed by atoms with van der Waals surface area (Å²) < 4.78 is 85.4. The molecule has 0 spiro atoms. The molecule has 230 valence electrons. The van der Waals surface area contributed by atoms with Gasteiger partial charge in [0, 0.05) is 17.9 Å². The second kappa shape index (κ2) is 11.7. The molecule has 0 radical (unpaired) electrons. The summed E-state index contributed by atoms with van der Waals surface area (Å²) >= 11 is 0. The van der Waals surface area contributed by atoms with Gasteiger partial charge < -0.3 is 15.0 Å². The number of amides is 4. The maximum absolute atomic E-state index is 13.8. The maximum atomic E-state index is 13.8. The van der Waals surface area contributed by atoms with Gasteiger partial charge in [-0.1, -0.05) is 24.3 Å². The monoisotopic (exact) mass is 610 g/mol. The molecule has 14 heteroatoms. The first-order chi connectivity index (χ1) is 20.0. The molecule has 1 heterocycles. The van der Waals surface area contributed by atoms with Crippen molar-refractivity contribution in [1.29, 1.82) is 0 Å². The molecule has 0 bridgehead atoms. The van der Waals surface area contributed by atoms with E-state index in [1.807, 2.05) is 0 Å². The smallest absolute Gasteiger partial charge is 0.416 e. The Morgan fingerprint density at radius 1 is 0.953 bits per heavy atom. The SMILES string of the molecule is COc1ccc(CCN2C(=O)N(c3cccc(C(F)(F)F)c3)[C@H](N(O)C(=O)Nc3cccc(C(F)(F)F)c3)C2(C)C)cc1. The van der Waals surface area contributed by atoms with E-state index in [2.05, 4.69) is 5.32 Å². The first-order valence-electron chi connectivity index (χ1n) is 12.9. The molecule has 3 aromatic carbocycles. The van der Waals surface area contributed by atoms with E-state index < -0.39 is 47.2 Å². The van der Waals surface area contributed by atoms with E-state index in [9.17, 15) is 41.1 Å². The van der Waals surface area contributed by atoms with E-state index in [1.165, 1.54) is 31.9 Å². The molecule has 1 fully saturated rings. The molecule has 2 N–H and O–H groups in total. The van der Waals surface area contributed by atoms with Crippen molar-refractivity contribution in [1.82, 2.24) is 9.96 Å². The van der Waals surface area contributed by atoms with Gasteiger partial charge >= 0.3 is 24.4 Å². The lowest BCUT2D eigenvalue weighted by molar-refractivity contribution is -0.138. The van der Waals surface area contributed by atoms with Crippen LogP contribution in [-0.4, -0.2) is 52.6 Å². The van der Waals surface area contributed by atoms with Crippen LogP contribution >= 0.6 is 0 Å². The van der Waals surface area contributed by atoms with Gasteiger partial charge in [0.25, 0.3) is 0 Å². The third-order valence-electron chi connectivity index (χ3n) is 7.12. The molecule has 1 aliphatic rings. The van der Waals surface area contributed by atoms with Crippen molar-refractivity contribution in [2.45, 2.75) is 44.3 Å². The number of methoxy groups -OCH3 is 1. The summed E-state index contributed by atoms with van der Waals surface area (Å²) in [7, 11) is 1.51. The van der Waals surface area contributed by atoms with Crippen molar-refractivity contribution >= 4 is 23.4 Å². The molecule has 3 aromatic rings. The van der Waals surface area contributed by atoms with Crippen LogP contribution in [0.5, 0.6) is 5.75 Å². The highest BCUT2D eigenvalue weighted by molar-refractivity contribution is 5.98. The van der Waals surface area contributed by atoms with Crippen molar-refractivity contribution in [2.24, 2.45) is 0 Å². The van der Waals surface area contributed by atoms with E-state index in [-0.39, 0.29) is 23.0 Å². The first-order valence-corrected chi connectivity index (χ1v) is 12.9. The van der Waals surface area contributed by atoms with Gasteiger partial charge in [-0.15, -0.1) is 0 Å². The number of anilines is 2. The van der Waals surface area contributed by atoms with Crippen LogP contribution in [0.15, 0.2) is 72.8 Å². The van der Waals surface area contributed by atoms with Gasteiger partial charge in [0.05, 0.1) is 23.8 Å². The second-order valence-corrected chi connectivity index (χ2v) is 10.3. The Bertz CT molecular complexity index is 1480. The fourth-order valence-corrected chi connectivity index (χ4v) is 4.91. The molecular weight excluding hydrogens is 582 g/mol. The average molecular weight is 611 g/mol. The van der Waals surface area contributed by atoms with E-state index in [0.29, 0.717) is 24.3 Å². The van der Waals surface area contributed by atoms with Gasteiger partial charge in [0.2, 0.25) is 0 Å². The summed E-state index contributed by atoms with van der Waals surface area (Å²) in [6.45, 7) is 3.07. The van der Waals surface area contributed by atoms with Crippen molar-refractivity contribution in [3.8, 4) is 5.75 Å². The van der Waals surface area contributed by atoms with Crippen LogP contribution in [0.2, 0.25) is 0 Å². The molecular formula is C29H28F6N4O4. The number of nitrogens with zero attached hydrogens (tertiary/aromatic N) is 3. The number of carbonyl (C=O) groups excluding carboxylic acids is 2. The summed E-state index contributed by atoms with van der Waals surface area (Å²) in [5.41, 5.74) is -3.27. The van der Waals surface area contributed by atoms with E-state index in [0.717, 1.165) is 40.8 Å². The third-order valence-corrected chi connectivity index (χ3v) is 7.12. The number of alkyl halides is 6. The topological polar surface area (TPSA) is 85.3 Å². The van der Waals surface area contributed by atoms with Crippen molar-refractivity contribution in [3.63, 3.8) is 0 Å². The number of halogens is 6. The van der Waals surface area contributed by atoms with Crippen LogP contribution in [0.25, 0.3) is 0 Å². The lowest BCUT2D eigenvalue weighted by atomic mass is 9.99. The fourth-order valence-electron chi connectivity index (χ4n) is 4.91. The Morgan fingerprint density at radius 3 is 2.12 bits per heavy atom. The minimum atomic E-state index is -4.75. The summed E-state index contributed by atoms with van der Waals surface area (Å²) in [5, 5.41) is 13.4. The lowest BCUT2D eigenvalue weighted by Gasteiger charge is -2.38. The number of nitrogens with one attached hydrogen (secondary N) is 1. The molecule has 1 saturated heterocycles. The molecule has 43 heavy (non-hydrogen) atoms. The Labute approximate surface area is 243 Å². The van der Waals surface area contributed by atoms with Crippen LogP contribution in [0.1, 0.15) is 30.5 Å². The number of carbonyl (C=O) groups is 2. The summed E-state index contributed by atoms with van der Waals surface area (Å²) in [4.78, 5) is 29.1. The molecule has 4 amide bonds. The second-order valence-electron chi connectivity index (χ2n) is 10.3. The van der Waals surface area contributed by atoms with E-state index in [1.54, 1.807) is 24.3 Å². The summed E-state index contributed by atoms with van der Waals surface area (Å²) in [6.07, 6.45) is -10.7. The number of hydroxylamine groups is 2. The summed E-state index contributed by atoms with van der Waals surface area (Å²) in [6, 6.07) is 12.4. The molecule has 0 saturated carbocycles. The molecule has 0 unspecified atom stereocenters. The Kier molecular flexibility index (Phi) is 8.54. The molecule has 8 nitrogen and oxygen atoms in total. The predicted octanol–water partition coefficient (Wildman–Crippen LogP) is 7.25. The molecule has 0 aromatic heterocycles. The van der Waals surface area contributed by atoms with Crippen molar-refractivity contribution in [2.75, 3.05) is 23.9 Å². The van der Waals surface area contributed by atoms with Gasteiger partial charge in [0.15, 0.2) is 6.17 Å². The Morgan fingerprint density at radius 2 is 1.53 bits per heavy atom. The van der Waals surface area contributed by atoms with Gasteiger partial charge in [0.1, 0.15) is 5.75 Å². The standard InChI is InChI=1S/C29H28F6N4O4/c1-27(2)24(39(42)25(40)36-21-8-4-6-19(16-21)28(30,31)32)38(22-9-5-7-20(17-22)29(33,34)35)26(41)37(27)15-14-18-10-12-23(43-3)13-11-18/h4-13,16-17,24,42H,14-15H2,1-3H3,(H,36,40)/t24-/m1/s1. The predicted molar refractivity (Wildman–Crippen MR) is 145 cm³/mol. The summed E-state index contributed by atoms with van der Waals surface area (Å²) in [5.74, 6) is 0.611. The number of hydrogen-bond acceptors (Lipinski definition) is 4. The van der Waals surface area contributed by atoms with Gasteiger partial charge in [-0.3, -0.25) is 10.1 Å². The third kappa shape index (κ3) is 6.63. The average Bonchev–Trinajstić information content (AvgIpc) is 3.15. The quantitative estimate of drug-likeness (QED) is 0.168. The van der Waals surface area contributed by atoms with Gasteiger partial charge in [-0.2, -0.15) is 31.4 Å². The minimum absolute atomic E-state index is 0.0488. The normalized spacial score (nSPS) is 16.8. The molecule has 1 atom stereocenters. The highest BCUT2D eigenvalue weighted by atomic mass is 19.4. The van der Waals surface area contributed by atoms with Crippen LogP contribution in [-0.2, 0) is 18.8 Å². The zero-order valence-electron chi connectivity index (χ0n) is 23.2. The number of ether oxygens (including phenoxy) is 1. The zero-order chi connectivity index (χ0) is 31.7. The van der Waals surface area contributed by atoms with Crippen LogP contribution in [0.4, 0.5) is 47.3 Å². The first kappa shape index (κ1) is 31.5. The molecule has 4 rings (SSSR count). The number of rotatable bonds is 7. The largest absolute Gasteiger partial charge is 0.497 e. The lowest BCUT2D eigenvalue weighted by Crippen LogP contribution is -2.58. The van der Waals surface area contributed by atoms with E-state index >= 15 is 0 Å². The number of benzene rings is 3. The number of urea groups is 2. The van der Waals surface area contributed by atoms with Gasteiger partial charge in [-0.25, -0.2) is 9.59 Å². The fraction of sp³-hybridized carbons (Fsp3) is 0.310. The zero-order valence-corrected chi connectivity index (χ0v) is 23.2. The highest BCUT2D eigenvalue weighted by Crippen LogP contribution is 2.40. The Balaban J connectivity index is 1.69. The van der Waals surface area contributed by atoms with Gasteiger partial charge in [-0.05, 0) is 74.4 Å². The van der Waals surface area contributed by atoms with Crippen LogP contribution in [0.3, 0.4) is 0 Å². The molecule has 1 aliphatic heterocycles. The van der Waals surface area contributed by atoms with E-state index in [4.69, 9.17) is 4.74 Å². The Hall–Kier alpha value is -4.46. The number of hydrogen-bond donors (Lipinski definition) is 2. The highest BCUT2D eigenvalue weighted by Gasteiger charge is 2.56. The van der Waals surface area contributed by atoms with Crippen LogP contribution in [0, 0.1) is 0 Å². The maximum Gasteiger partial charge on any atom is 0.416 e. The van der Waals surface area contributed by atoms with Crippen LogP contribution < -0.4 is 15.0 Å². The minimum Gasteiger partial charge on any atom is -0.497 e. The molecule has 0 aliphatic carbocycles. The van der Waals surface area contributed by atoms with Crippen molar-refractivity contribution in [3.05, 3.63) is 89.5 Å².